The molecule has 2 rings (SSSR count). The Morgan fingerprint density at radius 1 is 1.33 bits per heavy atom. The van der Waals surface area contributed by atoms with E-state index in [2.05, 4.69) is 22.9 Å². The zero-order chi connectivity index (χ0) is 17.5. The van der Waals surface area contributed by atoms with Crippen LogP contribution < -0.4 is 5.01 Å². The molecule has 1 aromatic carbocycles. The molecule has 122 valence electrons. The first-order chi connectivity index (χ1) is 11.5. The molecule has 0 unspecified atom stereocenters. The maximum absolute atomic E-state index is 13.0. The minimum atomic E-state index is -0.298. The normalized spacial score (nSPS) is 9.75. The van der Waals surface area contributed by atoms with E-state index in [9.17, 15) is 4.39 Å². The van der Waals surface area contributed by atoms with Crippen molar-refractivity contribution in [2.45, 2.75) is 20.5 Å². The summed E-state index contributed by atoms with van der Waals surface area (Å²) in [4.78, 5) is 4.21. The average Bonchev–Trinajstić information content (AvgIpc) is 2.59. The van der Waals surface area contributed by atoms with Gasteiger partial charge in [0.1, 0.15) is 12.4 Å². The standard InChI is InChI=1S/C18H17FN4O/c1-13(2)18(24-12-14-4-6-16(19)7-5-14)23(21-3)17-10-15(11-20)8-9-22-17/h4-10H,3,12H2,1-2H3. The van der Waals surface area contributed by atoms with Crippen LogP contribution in [0.15, 0.2) is 59.2 Å². The van der Waals surface area contributed by atoms with Crippen LogP contribution in [0.4, 0.5) is 10.2 Å². The van der Waals surface area contributed by atoms with Gasteiger partial charge < -0.3 is 4.74 Å². The number of rotatable bonds is 6. The summed E-state index contributed by atoms with van der Waals surface area (Å²) in [5.41, 5.74) is 2.13. The summed E-state index contributed by atoms with van der Waals surface area (Å²) < 4.78 is 18.8. The number of hydrogen-bond donors (Lipinski definition) is 0. The van der Waals surface area contributed by atoms with E-state index in [-0.39, 0.29) is 12.4 Å². The predicted octanol–water partition coefficient (Wildman–Crippen LogP) is 3.98. The Bertz CT molecular complexity index is 789. The lowest BCUT2D eigenvalue weighted by Gasteiger charge is -2.22. The summed E-state index contributed by atoms with van der Waals surface area (Å²) >= 11 is 0. The monoisotopic (exact) mass is 324 g/mol. The summed E-state index contributed by atoms with van der Waals surface area (Å²) in [6.07, 6.45) is 1.52. The molecular formula is C18H17FN4O. The minimum Gasteiger partial charge on any atom is -0.473 e. The molecule has 0 aliphatic carbocycles. The van der Waals surface area contributed by atoms with E-state index < -0.39 is 0 Å². The molecule has 0 spiro atoms. The Morgan fingerprint density at radius 3 is 2.62 bits per heavy atom. The number of allylic oxidation sites excluding steroid dienone is 1. The Balaban J connectivity index is 2.24. The van der Waals surface area contributed by atoms with Crippen molar-refractivity contribution < 1.29 is 9.13 Å². The van der Waals surface area contributed by atoms with Gasteiger partial charge in [0.25, 0.3) is 0 Å². The van der Waals surface area contributed by atoms with Crippen LogP contribution in [-0.4, -0.2) is 11.7 Å². The minimum absolute atomic E-state index is 0.241. The van der Waals surface area contributed by atoms with E-state index in [1.807, 2.05) is 13.8 Å². The van der Waals surface area contributed by atoms with Gasteiger partial charge >= 0.3 is 0 Å². The lowest BCUT2D eigenvalue weighted by Crippen LogP contribution is -2.20. The molecule has 0 aliphatic heterocycles. The molecule has 0 fully saturated rings. The first-order valence-electron chi connectivity index (χ1n) is 7.22. The summed E-state index contributed by atoms with van der Waals surface area (Å²) in [5, 5.41) is 14.4. The molecule has 0 atom stereocenters. The third-order valence-corrected chi connectivity index (χ3v) is 3.14. The van der Waals surface area contributed by atoms with Crippen molar-refractivity contribution in [1.29, 1.82) is 5.26 Å². The number of halogens is 1. The number of pyridine rings is 1. The van der Waals surface area contributed by atoms with Gasteiger partial charge in [-0.15, -0.1) is 0 Å². The zero-order valence-corrected chi connectivity index (χ0v) is 13.5. The number of hydrazone groups is 1. The van der Waals surface area contributed by atoms with Gasteiger partial charge in [-0.25, -0.2) is 9.37 Å². The number of ether oxygens (including phenoxy) is 1. The maximum atomic E-state index is 13.0. The number of nitrogens with zero attached hydrogens (tertiary/aromatic N) is 4. The lowest BCUT2D eigenvalue weighted by atomic mass is 10.2. The van der Waals surface area contributed by atoms with Gasteiger partial charge in [-0.1, -0.05) is 12.1 Å². The molecular weight excluding hydrogens is 307 g/mol. The fraction of sp³-hybridized carbons (Fsp3) is 0.167. The summed E-state index contributed by atoms with van der Waals surface area (Å²) in [6, 6.07) is 11.3. The first-order valence-corrected chi connectivity index (χ1v) is 7.22. The fourth-order valence-corrected chi connectivity index (χ4v) is 1.99. The van der Waals surface area contributed by atoms with Crippen LogP contribution in [0.5, 0.6) is 0 Å². The van der Waals surface area contributed by atoms with Gasteiger partial charge in [0.2, 0.25) is 5.88 Å². The smallest absolute Gasteiger partial charge is 0.215 e. The van der Waals surface area contributed by atoms with Crippen LogP contribution in [0.2, 0.25) is 0 Å². The molecule has 0 bridgehead atoms. The number of aromatic nitrogens is 1. The summed E-state index contributed by atoms with van der Waals surface area (Å²) in [5.74, 6) is 0.587. The molecule has 0 radical (unpaired) electrons. The highest BCUT2D eigenvalue weighted by atomic mass is 19.1. The molecule has 0 amide bonds. The second-order valence-electron chi connectivity index (χ2n) is 5.19. The van der Waals surface area contributed by atoms with Crippen molar-refractivity contribution in [2.24, 2.45) is 5.10 Å². The van der Waals surface area contributed by atoms with Crippen LogP contribution in [0.25, 0.3) is 0 Å². The Labute approximate surface area is 140 Å². The SMILES string of the molecule is C=NN(C(OCc1ccc(F)cc1)=C(C)C)c1cc(C#N)ccn1. The van der Waals surface area contributed by atoms with Crippen molar-refractivity contribution in [1.82, 2.24) is 4.98 Å². The highest BCUT2D eigenvalue weighted by molar-refractivity contribution is 5.50. The second kappa shape index (κ2) is 7.88. The highest BCUT2D eigenvalue weighted by Gasteiger charge is 2.16. The second-order valence-corrected chi connectivity index (χ2v) is 5.19. The van der Waals surface area contributed by atoms with Crippen molar-refractivity contribution in [3.05, 3.63) is 71.0 Å². The van der Waals surface area contributed by atoms with E-state index in [1.54, 1.807) is 24.3 Å². The molecule has 0 saturated heterocycles. The third-order valence-electron chi connectivity index (χ3n) is 3.14. The number of nitriles is 1. The fourth-order valence-electron chi connectivity index (χ4n) is 1.99. The lowest BCUT2D eigenvalue weighted by molar-refractivity contribution is 0.187. The highest BCUT2D eigenvalue weighted by Crippen LogP contribution is 2.22. The number of anilines is 1. The Hall–Kier alpha value is -3.20. The van der Waals surface area contributed by atoms with Gasteiger partial charge in [-0.2, -0.15) is 15.4 Å². The molecule has 0 aliphatic rings. The molecule has 1 aromatic heterocycles. The quantitative estimate of drug-likeness (QED) is 0.458. The van der Waals surface area contributed by atoms with E-state index in [1.165, 1.54) is 23.3 Å². The van der Waals surface area contributed by atoms with E-state index >= 15 is 0 Å². The van der Waals surface area contributed by atoms with Crippen LogP contribution in [0, 0.1) is 17.1 Å². The molecule has 1 heterocycles. The van der Waals surface area contributed by atoms with E-state index in [0.29, 0.717) is 17.3 Å². The van der Waals surface area contributed by atoms with Crippen LogP contribution in [0.1, 0.15) is 25.0 Å². The molecule has 5 nitrogen and oxygen atoms in total. The van der Waals surface area contributed by atoms with E-state index in [0.717, 1.165) is 11.1 Å². The van der Waals surface area contributed by atoms with Crippen LogP contribution in [0.3, 0.4) is 0 Å². The van der Waals surface area contributed by atoms with Crippen LogP contribution in [-0.2, 0) is 11.3 Å². The molecule has 24 heavy (non-hydrogen) atoms. The number of benzene rings is 1. The van der Waals surface area contributed by atoms with Crippen molar-refractivity contribution >= 4 is 12.5 Å². The molecule has 2 aromatic rings. The van der Waals surface area contributed by atoms with Crippen LogP contribution >= 0.6 is 0 Å². The third kappa shape index (κ3) is 4.17. The topological polar surface area (TPSA) is 61.5 Å². The number of hydrogen-bond acceptors (Lipinski definition) is 5. The van der Waals surface area contributed by atoms with Gasteiger partial charge in [0.15, 0.2) is 5.82 Å². The summed E-state index contributed by atoms with van der Waals surface area (Å²) in [6.45, 7) is 7.53. The molecule has 0 N–H and O–H groups in total. The maximum Gasteiger partial charge on any atom is 0.215 e. The van der Waals surface area contributed by atoms with E-state index in [4.69, 9.17) is 10.00 Å². The molecule has 6 heteroatoms. The zero-order valence-electron chi connectivity index (χ0n) is 13.5. The Kier molecular flexibility index (Phi) is 5.63. The van der Waals surface area contributed by atoms with Crippen molar-refractivity contribution in [3.63, 3.8) is 0 Å². The van der Waals surface area contributed by atoms with Crippen molar-refractivity contribution in [3.8, 4) is 6.07 Å². The largest absolute Gasteiger partial charge is 0.473 e. The van der Waals surface area contributed by atoms with Gasteiger partial charge in [0, 0.05) is 19.0 Å². The Morgan fingerprint density at radius 2 is 2.04 bits per heavy atom. The van der Waals surface area contributed by atoms with Crippen molar-refractivity contribution in [2.75, 3.05) is 5.01 Å². The molecule has 0 saturated carbocycles. The van der Waals surface area contributed by atoms with Gasteiger partial charge in [-0.05, 0) is 43.2 Å². The van der Waals surface area contributed by atoms with Gasteiger partial charge in [-0.3, -0.25) is 0 Å². The van der Waals surface area contributed by atoms with Gasteiger partial charge in [0.05, 0.1) is 11.6 Å². The average molecular weight is 324 g/mol. The predicted molar refractivity (Wildman–Crippen MR) is 90.5 cm³/mol. The first kappa shape index (κ1) is 17.2. The summed E-state index contributed by atoms with van der Waals surface area (Å²) in [7, 11) is 0.